The van der Waals surface area contributed by atoms with E-state index in [2.05, 4.69) is 20.8 Å². The predicted octanol–water partition coefficient (Wildman–Crippen LogP) is 2.62. The lowest BCUT2D eigenvalue weighted by molar-refractivity contribution is -0.117. The molecule has 0 bridgehead atoms. The van der Waals surface area contributed by atoms with Gasteiger partial charge in [-0.3, -0.25) is 14.7 Å². The second-order valence-electron chi connectivity index (χ2n) is 7.36. The van der Waals surface area contributed by atoms with Crippen molar-refractivity contribution in [2.75, 3.05) is 19.5 Å². The number of thioether (sulfide) groups is 1. The SMILES string of the molecule is COCCn1c(SCC(=O)NC(=O)NC(C)(C)C)nnc1-c1cccc(C)c1. The van der Waals surface area contributed by atoms with Gasteiger partial charge in [-0.05, 0) is 33.8 Å². The van der Waals surface area contributed by atoms with E-state index in [1.807, 2.05) is 56.5 Å². The highest BCUT2D eigenvalue weighted by Gasteiger charge is 2.18. The third-order valence-electron chi connectivity index (χ3n) is 3.59. The van der Waals surface area contributed by atoms with E-state index in [1.165, 1.54) is 11.8 Å². The van der Waals surface area contributed by atoms with Gasteiger partial charge in [-0.25, -0.2) is 4.79 Å². The molecule has 28 heavy (non-hydrogen) atoms. The molecule has 0 spiro atoms. The van der Waals surface area contributed by atoms with Crippen molar-refractivity contribution in [3.8, 4) is 11.4 Å². The maximum absolute atomic E-state index is 12.1. The first kappa shape index (κ1) is 21.9. The second-order valence-corrected chi connectivity index (χ2v) is 8.30. The number of rotatable bonds is 7. The zero-order valence-electron chi connectivity index (χ0n) is 16.9. The molecule has 0 aliphatic heterocycles. The topological polar surface area (TPSA) is 98.1 Å². The summed E-state index contributed by atoms with van der Waals surface area (Å²) in [4.78, 5) is 23.9. The first-order chi connectivity index (χ1) is 13.2. The van der Waals surface area contributed by atoms with Gasteiger partial charge in [0, 0.05) is 18.2 Å². The number of amides is 3. The Bertz CT molecular complexity index is 829. The van der Waals surface area contributed by atoms with Crippen LogP contribution in [-0.2, 0) is 16.1 Å². The van der Waals surface area contributed by atoms with Gasteiger partial charge in [0.1, 0.15) is 0 Å². The zero-order valence-corrected chi connectivity index (χ0v) is 17.7. The molecule has 3 amide bonds. The fourth-order valence-corrected chi connectivity index (χ4v) is 3.21. The molecule has 0 aliphatic rings. The van der Waals surface area contributed by atoms with Crippen molar-refractivity contribution in [2.45, 2.75) is 44.9 Å². The summed E-state index contributed by atoms with van der Waals surface area (Å²) < 4.78 is 7.11. The molecule has 2 rings (SSSR count). The number of aromatic nitrogens is 3. The van der Waals surface area contributed by atoms with Crippen LogP contribution in [0.1, 0.15) is 26.3 Å². The minimum absolute atomic E-state index is 0.0521. The molecule has 9 heteroatoms. The molecule has 0 saturated heterocycles. The molecule has 0 radical (unpaired) electrons. The summed E-state index contributed by atoms with van der Waals surface area (Å²) in [7, 11) is 1.63. The molecule has 1 heterocycles. The number of methoxy groups -OCH3 is 1. The molecule has 1 aromatic carbocycles. The fourth-order valence-electron chi connectivity index (χ4n) is 2.44. The Kier molecular flexibility index (Phi) is 7.59. The number of carbonyl (C=O) groups excluding carboxylic acids is 2. The molecule has 8 nitrogen and oxygen atoms in total. The maximum atomic E-state index is 12.1. The predicted molar refractivity (Wildman–Crippen MR) is 109 cm³/mol. The van der Waals surface area contributed by atoms with E-state index in [9.17, 15) is 9.59 Å². The van der Waals surface area contributed by atoms with Gasteiger partial charge < -0.3 is 10.1 Å². The molecule has 1 aromatic heterocycles. The summed E-state index contributed by atoms with van der Waals surface area (Å²) in [5.74, 6) is 0.371. The van der Waals surface area contributed by atoms with E-state index in [0.29, 0.717) is 24.1 Å². The molecule has 0 unspecified atom stereocenters. The van der Waals surface area contributed by atoms with Crippen molar-refractivity contribution >= 4 is 23.7 Å². The molecule has 2 N–H and O–H groups in total. The van der Waals surface area contributed by atoms with Crippen molar-refractivity contribution in [1.82, 2.24) is 25.4 Å². The van der Waals surface area contributed by atoms with Crippen LogP contribution in [0.15, 0.2) is 29.4 Å². The Hall–Kier alpha value is -2.39. The lowest BCUT2D eigenvalue weighted by Crippen LogP contribution is -2.48. The number of aryl methyl sites for hydroxylation is 1. The van der Waals surface area contributed by atoms with E-state index in [1.54, 1.807) is 7.11 Å². The van der Waals surface area contributed by atoms with E-state index < -0.39 is 17.5 Å². The van der Waals surface area contributed by atoms with E-state index in [0.717, 1.165) is 11.1 Å². The number of ether oxygens (including phenoxy) is 1. The largest absolute Gasteiger partial charge is 0.383 e. The Morgan fingerprint density at radius 2 is 2.00 bits per heavy atom. The van der Waals surface area contributed by atoms with Crippen LogP contribution < -0.4 is 10.6 Å². The van der Waals surface area contributed by atoms with Gasteiger partial charge in [-0.15, -0.1) is 10.2 Å². The summed E-state index contributed by atoms with van der Waals surface area (Å²) in [5.41, 5.74) is 1.65. The number of benzene rings is 1. The van der Waals surface area contributed by atoms with Crippen LogP contribution in [0.5, 0.6) is 0 Å². The van der Waals surface area contributed by atoms with Crippen molar-refractivity contribution in [3.63, 3.8) is 0 Å². The highest BCUT2D eigenvalue weighted by Crippen LogP contribution is 2.24. The van der Waals surface area contributed by atoms with Crippen molar-refractivity contribution in [1.29, 1.82) is 0 Å². The Morgan fingerprint density at radius 3 is 2.64 bits per heavy atom. The standard InChI is InChI=1S/C19H27N5O3S/c1-13-7-6-8-14(11-13)16-22-23-18(24(16)9-10-27-5)28-12-15(25)20-17(26)21-19(2,3)4/h6-8,11H,9-10,12H2,1-5H3,(H2,20,21,25,26). The smallest absolute Gasteiger partial charge is 0.321 e. The average Bonchev–Trinajstić information content (AvgIpc) is 2.99. The van der Waals surface area contributed by atoms with Gasteiger partial charge in [0.05, 0.1) is 18.9 Å². The highest BCUT2D eigenvalue weighted by molar-refractivity contribution is 7.99. The maximum Gasteiger partial charge on any atom is 0.321 e. The van der Waals surface area contributed by atoms with Crippen molar-refractivity contribution in [2.24, 2.45) is 0 Å². The van der Waals surface area contributed by atoms with Crippen LogP contribution in [0.3, 0.4) is 0 Å². The van der Waals surface area contributed by atoms with Gasteiger partial charge in [0.2, 0.25) is 5.91 Å². The molecule has 0 saturated carbocycles. The molecule has 2 aromatic rings. The monoisotopic (exact) mass is 405 g/mol. The third kappa shape index (κ3) is 6.65. The molecular formula is C19H27N5O3S. The Morgan fingerprint density at radius 1 is 1.25 bits per heavy atom. The zero-order chi connectivity index (χ0) is 20.7. The molecule has 0 fully saturated rings. The number of nitrogens with zero attached hydrogens (tertiary/aromatic N) is 3. The fraction of sp³-hybridized carbons (Fsp3) is 0.474. The Labute approximate surface area is 169 Å². The summed E-state index contributed by atoms with van der Waals surface area (Å²) >= 11 is 1.23. The minimum Gasteiger partial charge on any atom is -0.383 e. The quantitative estimate of drug-likeness (QED) is 0.687. The molecular weight excluding hydrogens is 378 g/mol. The highest BCUT2D eigenvalue weighted by atomic mass is 32.2. The second kappa shape index (κ2) is 9.70. The third-order valence-corrected chi connectivity index (χ3v) is 4.55. The van der Waals surface area contributed by atoms with Crippen LogP contribution in [0.2, 0.25) is 0 Å². The number of hydrogen-bond acceptors (Lipinski definition) is 6. The van der Waals surface area contributed by atoms with E-state index in [-0.39, 0.29) is 5.75 Å². The van der Waals surface area contributed by atoms with Crippen LogP contribution in [0, 0.1) is 6.92 Å². The molecule has 152 valence electrons. The van der Waals surface area contributed by atoms with Crippen LogP contribution >= 0.6 is 11.8 Å². The first-order valence-electron chi connectivity index (χ1n) is 8.93. The van der Waals surface area contributed by atoms with Gasteiger partial charge >= 0.3 is 6.03 Å². The summed E-state index contributed by atoms with van der Waals surface area (Å²) in [6.07, 6.45) is 0. The number of hydrogen-bond donors (Lipinski definition) is 2. The molecule has 0 atom stereocenters. The first-order valence-corrected chi connectivity index (χ1v) is 9.92. The van der Waals surface area contributed by atoms with Crippen LogP contribution in [0.4, 0.5) is 4.79 Å². The summed E-state index contributed by atoms with van der Waals surface area (Å²) in [5, 5.41) is 14.1. The minimum atomic E-state index is -0.514. The number of nitrogens with one attached hydrogen (secondary N) is 2. The number of carbonyl (C=O) groups is 2. The molecule has 0 aliphatic carbocycles. The Balaban J connectivity index is 2.08. The van der Waals surface area contributed by atoms with Gasteiger partial charge in [0.25, 0.3) is 0 Å². The van der Waals surface area contributed by atoms with Crippen molar-refractivity contribution < 1.29 is 14.3 Å². The number of imide groups is 1. The summed E-state index contributed by atoms with van der Waals surface area (Å²) in [6.45, 7) is 8.60. The number of urea groups is 1. The average molecular weight is 406 g/mol. The van der Waals surface area contributed by atoms with E-state index >= 15 is 0 Å². The van der Waals surface area contributed by atoms with Crippen molar-refractivity contribution in [3.05, 3.63) is 29.8 Å². The van der Waals surface area contributed by atoms with Crippen LogP contribution in [-0.4, -0.2) is 51.7 Å². The normalized spacial score (nSPS) is 11.3. The van der Waals surface area contributed by atoms with Gasteiger partial charge in [0.15, 0.2) is 11.0 Å². The van der Waals surface area contributed by atoms with Gasteiger partial charge in [-0.1, -0.05) is 35.5 Å². The van der Waals surface area contributed by atoms with Gasteiger partial charge in [-0.2, -0.15) is 0 Å². The van der Waals surface area contributed by atoms with Crippen LogP contribution in [0.25, 0.3) is 11.4 Å². The lowest BCUT2D eigenvalue weighted by Gasteiger charge is -2.20. The summed E-state index contributed by atoms with van der Waals surface area (Å²) in [6, 6.07) is 7.47. The van der Waals surface area contributed by atoms with E-state index in [4.69, 9.17) is 4.74 Å². The lowest BCUT2D eigenvalue weighted by atomic mass is 10.1.